The summed E-state index contributed by atoms with van der Waals surface area (Å²) in [5.74, 6) is -1.10. The van der Waals surface area contributed by atoms with E-state index in [-0.39, 0.29) is 24.9 Å². The molecule has 0 aromatic carbocycles. The summed E-state index contributed by atoms with van der Waals surface area (Å²) in [6, 6.07) is 0.366. The zero-order valence-corrected chi connectivity index (χ0v) is 11.0. The second-order valence-electron chi connectivity index (χ2n) is 4.88. The first-order valence-electron chi connectivity index (χ1n) is 6.18. The number of nitrogens with one attached hydrogen (secondary N) is 1. The molecule has 6 heteroatoms. The lowest BCUT2D eigenvalue weighted by atomic mass is 9.85. The SMILES string of the molecule is CC(NC1CCC(C(F)(F)F)CC1)c1cncs1. The molecule has 0 bridgehead atoms. The van der Waals surface area contributed by atoms with Crippen LogP contribution in [0.2, 0.25) is 0 Å². The summed E-state index contributed by atoms with van der Waals surface area (Å²) in [6.07, 6.45) is -0.508. The van der Waals surface area contributed by atoms with Crippen molar-refractivity contribution >= 4 is 11.3 Å². The number of hydrogen-bond acceptors (Lipinski definition) is 3. The molecule has 1 N–H and O–H groups in total. The van der Waals surface area contributed by atoms with Crippen LogP contribution in [0.1, 0.15) is 43.5 Å². The van der Waals surface area contributed by atoms with Crippen LogP contribution in [0.5, 0.6) is 0 Å². The van der Waals surface area contributed by atoms with Crippen LogP contribution in [-0.4, -0.2) is 17.2 Å². The van der Waals surface area contributed by atoms with Gasteiger partial charge in [0.25, 0.3) is 0 Å². The third-order valence-electron chi connectivity index (χ3n) is 3.55. The quantitative estimate of drug-likeness (QED) is 0.906. The van der Waals surface area contributed by atoms with Gasteiger partial charge >= 0.3 is 6.18 Å². The second-order valence-corrected chi connectivity index (χ2v) is 5.80. The molecule has 2 nitrogen and oxygen atoms in total. The monoisotopic (exact) mass is 278 g/mol. The predicted octanol–water partition coefficient (Wildman–Crippen LogP) is 3.91. The number of alkyl halides is 3. The molecule has 0 radical (unpaired) electrons. The topological polar surface area (TPSA) is 24.9 Å². The van der Waals surface area contributed by atoms with E-state index in [0.717, 1.165) is 4.88 Å². The second kappa shape index (κ2) is 5.57. The Bertz CT molecular complexity index is 356. The van der Waals surface area contributed by atoms with Gasteiger partial charge < -0.3 is 5.32 Å². The van der Waals surface area contributed by atoms with Gasteiger partial charge in [-0.3, -0.25) is 4.98 Å². The summed E-state index contributed by atoms with van der Waals surface area (Å²) in [4.78, 5) is 5.14. The zero-order valence-electron chi connectivity index (χ0n) is 10.2. The average Bonchev–Trinajstić information content (AvgIpc) is 2.82. The molecule has 1 saturated carbocycles. The number of aromatic nitrogens is 1. The van der Waals surface area contributed by atoms with Crippen LogP contribution in [0.4, 0.5) is 13.2 Å². The van der Waals surface area contributed by atoms with Crippen molar-refractivity contribution in [3.8, 4) is 0 Å². The Morgan fingerprint density at radius 1 is 1.33 bits per heavy atom. The van der Waals surface area contributed by atoms with Gasteiger partial charge in [0.2, 0.25) is 0 Å². The maximum atomic E-state index is 12.5. The van der Waals surface area contributed by atoms with Crippen LogP contribution in [0.25, 0.3) is 0 Å². The van der Waals surface area contributed by atoms with E-state index in [1.165, 1.54) is 0 Å². The molecule has 1 atom stereocenters. The largest absolute Gasteiger partial charge is 0.391 e. The first-order chi connectivity index (χ1) is 8.47. The van der Waals surface area contributed by atoms with Gasteiger partial charge in [-0.2, -0.15) is 13.2 Å². The summed E-state index contributed by atoms with van der Waals surface area (Å²) in [5.41, 5.74) is 1.77. The smallest absolute Gasteiger partial charge is 0.307 e. The standard InChI is InChI=1S/C12H17F3N2S/c1-8(11-6-16-7-18-11)17-10-4-2-9(3-5-10)12(13,14)15/h6-10,17H,2-5H2,1H3. The molecule has 1 aliphatic rings. The van der Waals surface area contributed by atoms with Crippen molar-refractivity contribution in [1.82, 2.24) is 10.3 Å². The van der Waals surface area contributed by atoms with Gasteiger partial charge in [0, 0.05) is 23.2 Å². The Morgan fingerprint density at radius 2 is 2.00 bits per heavy atom. The van der Waals surface area contributed by atoms with Crippen molar-refractivity contribution in [2.45, 2.75) is 50.9 Å². The first-order valence-corrected chi connectivity index (χ1v) is 7.06. The van der Waals surface area contributed by atoms with E-state index < -0.39 is 12.1 Å². The normalized spacial score (nSPS) is 27.1. The third kappa shape index (κ3) is 3.45. The molecule has 1 fully saturated rings. The van der Waals surface area contributed by atoms with E-state index in [9.17, 15) is 13.2 Å². The van der Waals surface area contributed by atoms with Gasteiger partial charge in [-0.15, -0.1) is 11.3 Å². The molecule has 18 heavy (non-hydrogen) atoms. The number of hydrogen-bond donors (Lipinski definition) is 1. The van der Waals surface area contributed by atoms with Crippen LogP contribution in [0.3, 0.4) is 0 Å². The molecule has 2 rings (SSSR count). The van der Waals surface area contributed by atoms with Gasteiger partial charge in [0.15, 0.2) is 0 Å². The van der Waals surface area contributed by atoms with Crippen molar-refractivity contribution in [2.24, 2.45) is 5.92 Å². The Balaban J connectivity index is 1.80. The lowest BCUT2D eigenvalue weighted by Crippen LogP contribution is -2.37. The van der Waals surface area contributed by atoms with E-state index in [0.29, 0.717) is 12.8 Å². The average molecular weight is 278 g/mol. The van der Waals surface area contributed by atoms with Gasteiger partial charge in [-0.25, -0.2) is 0 Å². The lowest BCUT2D eigenvalue weighted by Gasteiger charge is -2.31. The van der Waals surface area contributed by atoms with Crippen LogP contribution in [0, 0.1) is 5.92 Å². The molecule has 1 aromatic heterocycles. The van der Waals surface area contributed by atoms with E-state index in [4.69, 9.17) is 0 Å². The van der Waals surface area contributed by atoms with Crippen LogP contribution < -0.4 is 5.32 Å². The summed E-state index contributed by atoms with van der Waals surface area (Å²) < 4.78 is 37.6. The molecule has 1 unspecified atom stereocenters. The molecular weight excluding hydrogens is 261 g/mol. The molecule has 1 aliphatic carbocycles. The van der Waals surface area contributed by atoms with Crippen molar-refractivity contribution in [2.75, 3.05) is 0 Å². The zero-order chi connectivity index (χ0) is 13.2. The predicted molar refractivity (Wildman–Crippen MR) is 65.5 cm³/mol. The van der Waals surface area contributed by atoms with Crippen molar-refractivity contribution in [3.05, 3.63) is 16.6 Å². The highest BCUT2D eigenvalue weighted by Gasteiger charge is 2.41. The Labute approximate surface area is 109 Å². The van der Waals surface area contributed by atoms with Gasteiger partial charge in [-0.1, -0.05) is 0 Å². The number of nitrogens with zero attached hydrogens (tertiary/aromatic N) is 1. The van der Waals surface area contributed by atoms with Gasteiger partial charge in [-0.05, 0) is 32.6 Å². The summed E-state index contributed by atoms with van der Waals surface area (Å²) in [6.45, 7) is 2.03. The molecule has 0 spiro atoms. The minimum atomic E-state index is -4.02. The molecule has 0 aliphatic heterocycles. The third-order valence-corrected chi connectivity index (χ3v) is 4.51. The Kier molecular flexibility index (Phi) is 4.27. The fourth-order valence-electron chi connectivity index (χ4n) is 2.46. The number of rotatable bonds is 3. The van der Waals surface area contributed by atoms with Gasteiger partial charge in [0.1, 0.15) is 0 Å². The Morgan fingerprint density at radius 3 is 2.50 bits per heavy atom. The summed E-state index contributed by atoms with van der Waals surface area (Å²) in [5, 5.41) is 3.40. The van der Waals surface area contributed by atoms with Crippen LogP contribution in [-0.2, 0) is 0 Å². The maximum absolute atomic E-state index is 12.5. The molecule has 1 heterocycles. The molecular formula is C12H17F3N2S. The number of halogens is 3. The minimum Gasteiger partial charge on any atom is -0.307 e. The minimum absolute atomic E-state index is 0.171. The molecule has 0 amide bonds. The first kappa shape index (κ1) is 13.8. The van der Waals surface area contributed by atoms with Crippen molar-refractivity contribution in [1.29, 1.82) is 0 Å². The fraction of sp³-hybridized carbons (Fsp3) is 0.750. The maximum Gasteiger partial charge on any atom is 0.391 e. The highest BCUT2D eigenvalue weighted by Crippen LogP contribution is 2.37. The van der Waals surface area contributed by atoms with E-state index in [1.54, 1.807) is 16.8 Å². The highest BCUT2D eigenvalue weighted by molar-refractivity contribution is 7.09. The molecule has 102 valence electrons. The number of thiazole rings is 1. The fourth-order valence-corrected chi connectivity index (χ4v) is 3.10. The molecule has 0 saturated heterocycles. The van der Waals surface area contributed by atoms with Crippen LogP contribution >= 0.6 is 11.3 Å². The van der Waals surface area contributed by atoms with Crippen molar-refractivity contribution < 1.29 is 13.2 Å². The van der Waals surface area contributed by atoms with E-state index in [1.807, 2.05) is 13.1 Å². The van der Waals surface area contributed by atoms with E-state index >= 15 is 0 Å². The summed E-state index contributed by atoms with van der Waals surface area (Å²) in [7, 11) is 0. The highest BCUT2D eigenvalue weighted by atomic mass is 32.1. The van der Waals surface area contributed by atoms with Crippen LogP contribution in [0.15, 0.2) is 11.7 Å². The summed E-state index contributed by atoms with van der Waals surface area (Å²) >= 11 is 1.57. The Hall–Kier alpha value is -0.620. The van der Waals surface area contributed by atoms with Crippen molar-refractivity contribution in [3.63, 3.8) is 0 Å². The lowest BCUT2D eigenvalue weighted by molar-refractivity contribution is -0.182. The van der Waals surface area contributed by atoms with E-state index in [2.05, 4.69) is 10.3 Å². The molecule has 1 aromatic rings. The van der Waals surface area contributed by atoms with Gasteiger partial charge in [0.05, 0.1) is 11.4 Å².